The molecular weight excluding hydrogens is 268 g/mol. The molecule has 6 nitrogen and oxygen atoms in total. The van der Waals surface area contributed by atoms with Crippen molar-refractivity contribution in [3.05, 3.63) is 24.3 Å². The van der Waals surface area contributed by atoms with Crippen molar-refractivity contribution in [2.45, 2.75) is 19.3 Å². The lowest BCUT2D eigenvalue weighted by atomic mass is 9.81. The number of hydrogen-bond donors (Lipinski definition) is 2. The van der Waals surface area contributed by atoms with E-state index in [0.717, 1.165) is 42.8 Å². The fraction of sp³-hybridized carbons (Fsp3) is 0.533. The van der Waals surface area contributed by atoms with Crippen LogP contribution in [0.1, 0.15) is 18.7 Å². The van der Waals surface area contributed by atoms with Crippen molar-refractivity contribution < 1.29 is 9.90 Å². The normalized spacial score (nSPS) is 23.5. The van der Waals surface area contributed by atoms with Gasteiger partial charge >= 0.3 is 5.97 Å². The third-order valence-electron chi connectivity index (χ3n) is 4.32. The number of H-pyrrole nitrogens is 1. The number of likely N-dealkylation sites (tertiary alicyclic amines) is 1. The third kappa shape index (κ3) is 3.21. The Morgan fingerprint density at radius 3 is 3.14 bits per heavy atom. The number of pyridine rings is 1. The van der Waals surface area contributed by atoms with Gasteiger partial charge in [0.25, 0.3) is 0 Å². The Morgan fingerprint density at radius 2 is 2.38 bits per heavy atom. The maximum absolute atomic E-state index is 11.0. The van der Waals surface area contributed by atoms with Crippen LogP contribution in [-0.4, -0.2) is 51.1 Å². The van der Waals surface area contributed by atoms with Gasteiger partial charge in [0.1, 0.15) is 5.82 Å². The molecule has 2 N–H and O–H groups in total. The van der Waals surface area contributed by atoms with Crippen molar-refractivity contribution in [3.63, 3.8) is 0 Å². The van der Waals surface area contributed by atoms with Gasteiger partial charge in [-0.15, -0.1) is 0 Å². The molecule has 2 aromatic heterocycles. The van der Waals surface area contributed by atoms with E-state index in [9.17, 15) is 4.79 Å². The van der Waals surface area contributed by atoms with E-state index in [4.69, 9.17) is 5.11 Å². The van der Waals surface area contributed by atoms with Crippen molar-refractivity contribution >= 4 is 17.0 Å². The van der Waals surface area contributed by atoms with Gasteiger partial charge in [-0.25, -0.2) is 4.98 Å². The molecule has 0 amide bonds. The van der Waals surface area contributed by atoms with E-state index in [0.29, 0.717) is 5.92 Å². The van der Waals surface area contributed by atoms with E-state index >= 15 is 0 Å². The van der Waals surface area contributed by atoms with Gasteiger partial charge in [-0.05, 0) is 37.9 Å². The van der Waals surface area contributed by atoms with E-state index in [1.807, 2.05) is 6.07 Å². The number of imidazole rings is 1. The average molecular weight is 288 g/mol. The minimum Gasteiger partial charge on any atom is -0.481 e. The summed E-state index contributed by atoms with van der Waals surface area (Å²) in [6.07, 6.45) is 5.48. The highest BCUT2D eigenvalue weighted by atomic mass is 16.4. The molecule has 0 radical (unpaired) electrons. The summed E-state index contributed by atoms with van der Waals surface area (Å²) in [6, 6.07) is 1.89. The van der Waals surface area contributed by atoms with Gasteiger partial charge in [-0.3, -0.25) is 9.78 Å². The van der Waals surface area contributed by atoms with E-state index in [1.165, 1.54) is 0 Å². The number of fused-ring (bicyclic) bond motifs is 1. The van der Waals surface area contributed by atoms with Gasteiger partial charge < -0.3 is 15.0 Å². The van der Waals surface area contributed by atoms with Crippen LogP contribution in [0.15, 0.2) is 18.5 Å². The largest absolute Gasteiger partial charge is 0.481 e. The summed E-state index contributed by atoms with van der Waals surface area (Å²) in [5.41, 5.74) is 1.85. The molecule has 0 aromatic carbocycles. The summed E-state index contributed by atoms with van der Waals surface area (Å²) in [6.45, 7) is 1.89. The molecule has 1 saturated heterocycles. The minimum absolute atomic E-state index is 0.227. The SMILES string of the molecule is CN1CCC(CC(=O)O)C(Cc2nc3ccncc3[nH]2)C1. The Balaban J connectivity index is 1.77. The maximum atomic E-state index is 11.0. The first-order chi connectivity index (χ1) is 10.1. The quantitative estimate of drug-likeness (QED) is 0.892. The van der Waals surface area contributed by atoms with Gasteiger partial charge in [0, 0.05) is 25.6 Å². The first-order valence-corrected chi connectivity index (χ1v) is 7.31. The van der Waals surface area contributed by atoms with E-state index in [2.05, 4.69) is 26.9 Å². The number of rotatable bonds is 4. The molecule has 0 spiro atoms. The Morgan fingerprint density at radius 1 is 1.52 bits per heavy atom. The van der Waals surface area contributed by atoms with Crippen LogP contribution < -0.4 is 0 Å². The van der Waals surface area contributed by atoms with Crippen molar-refractivity contribution in [1.82, 2.24) is 19.9 Å². The Hall–Kier alpha value is -1.95. The van der Waals surface area contributed by atoms with E-state index in [1.54, 1.807) is 12.4 Å². The van der Waals surface area contributed by atoms with Crippen molar-refractivity contribution in [3.8, 4) is 0 Å². The van der Waals surface area contributed by atoms with Crippen LogP contribution in [0, 0.1) is 11.8 Å². The zero-order valence-corrected chi connectivity index (χ0v) is 12.1. The van der Waals surface area contributed by atoms with Crippen molar-refractivity contribution in [2.75, 3.05) is 20.1 Å². The van der Waals surface area contributed by atoms with E-state index in [-0.39, 0.29) is 12.3 Å². The summed E-state index contributed by atoms with van der Waals surface area (Å²) in [5, 5.41) is 9.08. The topological polar surface area (TPSA) is 82.1 Å². The smallest absolute Gasteiger partial charge is 0.303 e. The predicted octanol–water partition coefficient (Wildman–Crippen LogP) is 1.54. The Labute approximate surface area is 123 Å². The molecule has 2 unspecified atom stereocenters. The number of aromatic nitrogens is 3. The molecule has 1 aliphatic heterocycles. The number of nitrogens with zero attached hydrogens (tertiary/aromatic N) is 3. The minimum atomic E-state index is -0.705. The first kappa shape index (κ1) is 14.0. The second-order valence-electron chi connectivity index (χ2n) is 5.95. The maximum Gasteiger partial charge on any atom is 0.303 e. The predicted molar refractivity (Wildman–Crippen MR) is 78.9 cm³/mol. The van der Waals surface area contributed by atoms with Crippen LogP contribution >= 0.6 is 0 Å². The summed E-state index contributed by atoms with van der Waals surface area (Å²) in [7, 11) is 2.09. The zero-order valence-electron chi connectivity index (χ0n) is 12.1. The highest BCUT2D eigenvalue weighted by Gasteiger charge is 2.30. The lowest BCUT2D eigenvalue weighted by Crippen LogP contribution is -2.40. The molecular formula is C15H20N4O2. The second kappa shape index (κ2) is 5.81. The molecule has 2 atom stereocenters. The number of carboxylic acid groups (broad SMARTS) is 1. The average Bonchev–Trinajstić information content (AvgIpc) is 2.83. The third-order valence-corrected chi connectivity index (χ3v) is 4.32. The monoisotopic (exact) mass is 288 g/mol. The molecule has 0 saturated carbocycles. The molecule has 6 heteroatoms. The fourth-order valence-corrected chi connectivity index (χ4v) is 3.24. The highest BCUT2D eigenvalue weighted by molar-refractivity contribution is 5.73. The number of carboxylic acids is 1. The van der Waals surface area contributed by atoms with Crippen LogP contribution in [0.4, 0.5) is 0 Å². The molecule has 21 heavy (non-hydrogen) atoms. The van der Waals surface area contributed by atoms with Crippen LogP contribution in [0.3, 0.4) is 0 Å². The number of hydrogen-bond acceptors (Lipinski definition) is 4. The molecule has 3 heterocycles. The Kier molecular flexibility index (Phi) is 3.88. The van der Waals surface area contributed by atoms with Crippen LogP contribution in [0.2, 0.25) is 0 Å². The number of carbonyl (C=O) groups is 1. The summed E-state index contributed by atoms with van der Waals surface area (Å²) >= 11 is 0. The lowest BCUT2D eigenvalue weighted by molar-refractivity contribution is -0.139. The zero-order chi connectivity index (χ0) is 14.8. The number of aromatic amines is 1. The van der Waals surface area contributed by atoms with Gasteiger partial charge in [0.05, 0.1) is 17.2 Å². The number of nitrogens with one attached hydrogen (secondary N) is 1. The van der Waals surface area contributed by atoms with Crippen LogP contribution in [0.25, 0.3) is 11.0 Å². The van der Waals surface area contributed by atoms with Crippen molar-refractivity contribution in [1.29, 1.82) is 0 Å². The molecule has 2 aromatic rings. The van der Waals surface area contributed by atoms with Crippen LogP contribution in [0.5, 0.6) is 0 Å². The van der Waals surface area contributed by atoms with E-state index < -0.39 is 5.97 Å². The van der Waals surface area contributed by atoms with Gasteiger partial charge in [0.15, 0.2) is 0 Å². The van der Waals surface area contributed by atoms with Gasteiger partial charge in [-0.2, -0.15) is 0 Å². The second-order valence-corrected chi connectivity index (χ2v) is 5.95. The molecule has 112 valence electrons. The Bertz CT molecular complexity index is 606. The van der Waals surface area contributed by atoms with Gasteiger partial charge in [0.2, 0.25) is 0 Å². The van der Waals surface area contributed by atoms with Crippen molar-refractivity contribution in [2.24, 2.45) is 11.8 Å². The molecule has 0 bridgehead atoms. The first-order valence-electron chi connectivity index (χ1n) is 7.31. The highest BCUT2D eigenvalue weighted by Crippen LogP contribution is 2.28. The summed E-state index contributed by atoms with van der Waals surface area (Å²) < 4.78 is 0. The molecule has 3 rings (SSSR count). The standard InChI is InChI=1S/C15H20N4O2/c1-19-5-3-10(7-15(20)21)11(9-19)6-14-17-12-2-4-16-8-13(12)18-14/h2,4,8,10-11H,3,5-7,9H2,1H3,(H,17,18)(H,20,21). The molecule has 1 aliphatic rings. The number of aliphatic carboxylic acids is 1. The van der Waals surface area contributed by atoms with Crippen LogP contribution in [-0.2, 0) is 11.2 Å². The molecule has 1 fully saturated rings. The van der Waals surface area contributed by atoms with Gasteiger partial charge in [-0.1, -0.05) is 0 Å². The number of piperidine rings is 1. The lowest BCUT2D eigenvalue weighted by Gasteiger charge is -2.35. The molecule has 0 aliphatic carbocycles. The summed E-state index contributed by atoms with van der Waals surface area (Å²) in [5.74, 6) is 0.774. The summed E-state index contributed by atoms with van der Waals surface area (Å²) in [4.78, 5) is 25.3. The fourth-order valence-electron chi connectivity index (χ4n) is 3.24.